The van der Waals surface area contributed by atoms with E-state index in [-0.39, 0.29) is 12.3 Å². The molecule has 0 aliphatic rings. The number of benzene rings is 1. The van der Waals surface area contributed by atoms with Gasteiger partial charge in [-0.25, -0.2) is 8.42 Å². The van der Waals surface area contributed by atoms with Crippen LogP contribution in [0.5, 0.6) is 0 Å². The van der Waals surface area contributed by atoms with Crippen LogP contribution in [0.25, 0.3) is 0 Å². The molecule has 106 valence electrons. The van der Waals surface area contributed by atoms with Crippen LogP contribution in [0.15, 0.2) is 24.3 Å². The lowest BCUT2D eigenvalue weighted by molar-refractivity contribution is -0.135. The van der Waals surface area contributed by atoms with E-state index >= 15 is 0 Å². The third kappa shape index (κ3) is 5.60. The molecule has 0 bridgehead atoms. The topological polar surface area (TPSA) is 101 Å². The van der Waals surface area contributed by atoms with Crippen molar-refractivity contribution in [2.75, 3.05) is 35.7 Å². The fourth-order valence-corrected chi connectivity index (χ4v) is 2.39. The maximum absolute atomic E-state index is 11.1. The molecule has 0 saturated carbocycles. The van der Waals surface area contributed by atoms with Crippen LogP contribution in [0.3, 0.4) is 0 Å². The molecule has 1 rings (SSSR count). The zero-order valence-corrected chi connectivity index (χ0v) is 11.6. The zero-order valence-electron chi connectivity index (χ0n) is 10.7. The van der Waals surface area contributed by atoms with Gasteiger partial charge in [-0.05, 0) is 18.6 Å². The number of aliphatic carboxylic acids is 1. The molecule has 0 unspecified atom stereocenters. The number of carboxylic acids is 1. The Kier molecular flexibility index (Phi) is 5.17. The van der Waals surface area contributed by atoms with E-state index in [9.17, 15) is 13.2 Å². The highest BCUT2D eigenvalue weighted by molar-refractivity contribution is 7.90. The van der Waals surface area contributed by atoms with Crippen LogP contribution >= 0.6 is 0 Å². The maximum Gasteiger partial charge on any atom is 0.323 e. The predicted molar refractivity (Wildman–Crippen MR) is 75.0 cm³/mol. The normalized spacial score (nSPS) is 11.2. The molecule has 0 spiro atoms. The Labute approximate surface area is 112 Å². The van der Waals surface area contributed by atoms with E-state index in [0.29, 0.717) is 24.3 Å². The molecule has 7 heteroatoms. The van der Waals surface area contributed by atoms with Gasteiger partial charge in [0, 0.05) is 12.8 Å². The number of nitrogens with two attached hydrogens (primary N) is 1. The van der Waals surface area contributed by atoms with E-state index in [4.69, 9.17) is 10.8 Å². The Bertz CT molecular complexity index is 542. The van der Waals surface area contributed by atoms with Gasteiger partial charge in [0.25, 0.3) is 0 Å². The summed E-state index contributed by atoms with van der Waals surface area (Å²) in [5, 5.41) is 8.89. The Hall–Kier alpha value is -1.76. The van der Waals surface area contributed by atoms with Crippen molar-refractivity contribution in [3.8, 4) is 0 Å². The van der Waals surface area contributed by atoms with Crippen molar-refractivity contribution >= 4 is 27.2 Å². The number of hydrogen-bond acceptors (Lipinski definition) is 5. The van der Waals surface area contributed by atoms with Gasteiger partial charge in [-0.1, -0.05) is 12.1 Å². The van der Waals surface area contributed by atoms with Gasteiger partial charge in [0.2, 0.25) is 0 Å². The van der Waals surface area contributed by atoms with Gasteiger partial charge in [0.1, 0.15) is 16.4 Å². The van der Waals surface area contributed by atoms with E-state index in [1.165, 1.54) is 0 Å². The largest absolute Gasteiger partial charge is 0.480 e. The van der Waals surface area contributed by atoms with Crippen LogP contribution in [-0.2, 0) is 14.6 Å². The molecule has 0 aliphatic carbocycles. The molecular formula is C12H18N2O4S. The number of carbonyl (C=O) groups is 1. The van der Waals surface area contributed by atoms with Crippen molar-refractivity contribution in [1.29, 1.82) is 0 Å². The van der Waals surface area contributed by atoms with Crippen molar-refractivity contribution in [1.82, 2.24) is 0 Å². The summed E-state index contributed by atoms with van der Waals surface area (Å²) in [5.41, 5.74) is 6.89. The number of nitrogens with zero attached hydrogens (tertiary/aromatic N) is 1. The second-order valence-corrected chi connectivity index (χ2v) is 6.62. The molecule has 0 saturated heterocycles. The van der Waals surface area contributed by atoms with Crippen LogP contribution in [0.2, 0.25) is 0 Å². The summed E-state index contributed by atoms with van der Waals surface area (Å²) < 4.78 is 22.2. The smallest absolute Gasteiger partial charge is 0.323 e. The molecule has 1 aromatic rings. The van der Waals surface area contributed by atoms with Gasteiger partial charge >= 0.3 is 5.97 Å². The number of sulfone groups is 1. The molecule has 0 amide bonds. The van der Waals surface area contributed by atoms with E-state index in [1.54, 1.807) is 29.2 Å². The van der Waals surface area contributed by atoms with Gasteiger partial charge in [0.15, 0.2) is 0 Å². The number of anilines is 2. The molecule has 19 heavy (non-hydrogen) atoms. The van der Waals surface area contributed by atoms with Crippen molar-refractivity contribution in [3.05, 3.63) is 24.3 Å². The lowest BCUT2D eigenvalue weighted by Gasteiger charge is -2.24. The van der Waals surface area contributed by atoms with Crippen LogP contribution in [0.4, 0.5) is 11.4 Å². The summed E-state index contributed by atoms with van der Waals surface area (Å²) in [6.07, 6.45) is 1.52. The Morgan fingerprint density at radius 2 is 2.00 bits per heavy atom. The van der Waals surface area contributed by atoms with E-state index in [2.05, 4.69) is 0 Å². The number of hydrogen-bond donors (Lipinski definition) is 2. The summed E-state index contributed by atoms with van der Waals surface area (Å²) in [5.74, 6) is -0.960. The molecule has 0 aliphatic heterocycles. The highest BCUT2D eigenvalue weighted by Crippen LogP contribution is 2.22. The first-order chi connectivity index (χ1) is 8.79. The number of carboxylic acid groups (broad SMARTS) is 1. The minimum absolute atomic E-state index is 0.0237. The Balaban J connectivity index is 2.78. The average Bonchev–Trinajstić information content (AvgIpc) is 2.26. The van der Waals surface area contributed by atoms with Crippen LogP contribution in [0, 0.1) is 0 Å². The highest BCUT2D eigenvalue weighted by atomic mass is 32.2. The van der Waals surface area contributed by atoms with Gasteiger partial charge in [-0.3, -0.25) is 4.79 Å². The Morgan fingerprint density at radius 3 is 2.53 bits per heavy atom. The van der Waals surface area contributed by atoms with Gasteiger partial charge < -0.3 is 15.7 Å². The molecule has 0 fully saturated rings. The summed E-state index contributed by atoms with van der Waals surface area (Å²) in [6.45, 7) is 0.117. The van der Waals surface area contributed by atoms with E-state index in [0.717, 1.165) is 6.26 Å². The highest BCUT2D eigenvalue weighted by Gasteiger charge is 2.13. The molecule has 3 N–H and O–H groups in total. The van der Waals surface area contributed by atoms with Crippen LogP contribution < -0.4 is 10.6 Å². The van der Waals surface area contributed by atoms with E-state index in [1.807, 2.05) is 0 Å². The fraction of sp³-hybridized carbons (Fsp3) is 0.417. The second-order valence-electron chi connectivity index (χ2n) is 4.36. The minimum atomic E-state index is -3.05. The van der Waals surface area contributed by atoms with Crippen molar-refractivity contribution < 1.29 is 18.3 Å². The first-order valence-corrected chi connectivity index (χ1v) is 7.84. The average molecular weight is 286 g/mol. The third-order valence-electron chi connectivity index (χ3n) is 2.55. The second kappa shape index (κ2) is 6.42. The number of nitrogen functional groups attached to an aromatic ring is 1. The lowest BCUT2D eigenvalue weighted by Crippen LogP contribution is -2.32. The summed E-state index contributed by atoms with van der Waals surface area (Å²) in [4.78, 5) is 12.4. The van der Waals surface area contributed by atoms with Gasteiger partial charge in [-0.15, -0.1) is 0 Å². The minimum Gasteiger partial charge on any atom is -0.480 e. The Morgan fingerprint density at radius 1 is 1.37 bits per heavy atom. The molecule has 0 heterocycles. The zero-order chi connectivity index (χ0) is 14.5. The van der Waals surface area contributed by atoms with Crippen molar-refractivity contribution in [2.45, 2.75) is 6.42 Å². The van der Waals surface area contributed by atoms with Crippen molar-refractivity contribution in [3.63, 3.8) is 0 Å². The molecule has 0 aromatic heterocycles. The first kappa shape index (κ1) is 15.3. The first-order valence-electron chi connectivity index (χ1n) is 5.78. The van der Waals surface area contributed by atoms with Gasteiger partial charge in [0.05, 0.1) is 17.1 Å². The summed E-state index contributed by atoms with van der Waals surface area (Å²) in [6, 6.07) is 6.92. The summed E-state index contributed by atoms with van der Waals surface area (Å²) in [7, 11) is -3.05. The van der Waals surface area contributed by atoms with E-state index < -0.39 is 15.8 Å². The standard InChI is InChI=1S/C12H18N2O4S/c1-19(17,18)8-4-7-14(9-12(15)16)11-6-3-2-5-10(11)13/h2-3,5-6H,4,7-9,13H2,1H3,(H,15,16). The predicted octanol–water partition coefficient (Wildman–Crippen LogP) is 0.595. The monoisotopic (exact) mass is 286 g/mol. The van der Waals surface area contributed by atoms with Gasteiger partial charge in [-0.2, -0.15) is 0 Å². The quantitative estimate of drug-likeness (QED) is 0.712. The summed E-state index contributed by atoms with van der Waals surface area (Å²) >= 11 is 0. The van der Waals surface area contributed by atoms with Crippen molar-refractivity contribution in [2.24, 2.45) is 0 Å². The number of rotatable bonds is 7. The maximum atomic E-state index is 11.1. The van der Waals surface area contributed by atoms with Crippen LogP contribution in [0.1, 0.15) is 6.42 Å². The fourth-order valence-electron chi connectivity index (χ4n) is 1.74. The number of para-hydroxylation sites is 2. The molecule has 0 radical (unpaired) electrons. The molecule has 6 nitrogen and oxygen atoms in total. The lowest BCUT2D eigenvalue weighted by atomic mass is 10.2. The molecule has 1 aromatic carbocycles. The molecular weight excluding hydrogens is 268 g/mol. The molecule has 0 atom stereocenters. The van der Waals surface area contributed by atoms with Crippen LogP contribution in [-0.4, -0.2) is 44.6 Å². The third-order valence-corrected chi connectivity index (χ3v) is 3.58. The SMILES string of the molecule is CS(=O)(=O)CCCN(CC(=O)O)c1ccccc1N.